The summed E-state index contributed by atoms with van der Waals surface area (Å²) < 4.78 is 0. The molecular formula is C23H29N3O. The number of carbonyl (C=O) groups excluding carboxylic acids is 1. The van der Waals surface area contributed by atoms with Crippen LogP contribution in [0, 0.1) is 5.92 Å². The molecule has 1 aliphatic carbocycles. The highest BCUT2D eigenvalue weighted by molar-refractivity contribution is 5.74. The summed E-state index contributed by atoms with van der Waals surface area (Å²) >= 11 is 0. The Morgan fingerprint density at radius 1 is 1.00 bits per heavy atom. The van der Waals surface area contributed by atoms with Crippen molar-refractivity contribution in [3.8, 4) is 0 Å². The Morgan fingerprint density at radius 2 is 1.59 bits per heavy atom. The Morgan fingerprint density at radius 3 is 2.26 bits per heavy atom. The van der Waals surface area contributed by atoms with Gasteiger partial charge < -0.3 is 16.0 Å². The van der Waals surface area contributed by atoms with Gasteiger partial charge in [-0.2, -0.15) is 0 Å². The van der Waals surface area contributed by atoms with E-state index in [1.165, 1.54) is 22.3 Å². The van der Waals surface area contributed by atoms with Crippen LogP contribution >= 0.6 is 0 Å². The Hall–Kier alpha value is -2.33. The van der Waals surface area contributed by atoms with Crippen LogP contribution in [-0.4, -0.2) is 24.7 Å². The first-order valence-electron chi connectivity index (χ1n) is 10.1. The normalized spacial score (nSPS) is 19.8. The second-order valence-corrected chi connectivity index (χ2v) is 8.08. The second kappa shape index (κ2) is 8.13. The number of fused-ring (bicyclic) bond motifs is 2. The minimum Gasteiger partial charge on any atom is -0.337 e. The first kappa shape index (κ1) is 18.1. The lowest BCUT2D eigenvalue weighted by atomic mass is 9.96. The molecule has 2 aromatic carbocycles. The average Bonchev–Trinajstić information content (AvgIpc) is 3.08. The molecule has 0 bridgehead atoms. The van der Waals surface area contributed by atoms with Crippen LogP contribution in [0.2, 0.25) is 0 Å². The minimum atomic E-state index is -0.0568. The molecule has 0 aromatic heterocycles. The molecule has 27 heavy (non-hydrogen) atoms. The van der Waals surface area contributed by atoms with E-state index in [9.17, 15) is 4.79 Å². The maximum Gasteiger partial charge on any atom is 0.315 e. The van der Waals surface area contributed by atoms with Crippen molar-refractivity contribution < 1.29 is 4.79 Å². The van der Waals surface area contributed by atoms with Crippen LogP contribution in [-0.2, 0) is 25.8 Å². The predicted molar refractivity (Wildman–Crippen MR) is 109 cm³/mol. The van der Waals surface area contributed by atoms with Gasteiger partial charge in [-0.05, 0) is 60.8 Å². The molecule has 2 aromatic rings. The number of amides is 2. The maximum absolute atomic E-state index is 12.3. The molecule has 3 N–H and O–H groups in total. The average molecular weight is 364 g/mol. The predicted octanol–water partition coefficient (Wildman–Crippen LogP) is 3.19. The minimum absolute atomic E-state index is 0.0568. The van der Waals surface area contributed by atoms with E-state index in [1.807, 2.05) is 0 Å². The summed E-state index contributed by atoms with van der Waals surface area (Å²) in [4.78, 5) is 12.3. The van der Waals surface area contributed by atoms with E-state index >= 15 is 0 Å². The molecule has 4 nitrogen and oxygen atoms in total. The Bertz CT molecular complexity index is 779. The van der Waals surface area contributed by atoms with Gasteiger partial charge in [-0.1, -0.05) is 48.5 Å². The van der Waals surface area contributed by atoms with E-state index in [1.54, 1.807) is 0 Å². The molecular weight excluding hydrogens is 334 g/mol. The first-order valence-corrected chi connectivity index (χ1v) is 10.1. The molecule has 0 fully saturated rings. The van der Waals surface area contributed by atoms with Crippen molar-refractivity contribution in [2.24, 2.45) is 5.92 Å². The zero-order valence-electron chi connectivity index (χ0n) is 16.0. The van der Waals surface area contributed by atoms with Gasteiger partial charge in [-0.3, -0.25) is 0 Å². The van der Waals surface area contributed by atoms with E-state index in [0.29, 0.717) is 18.5 Å². The van der Waals surface area contributed by atoms with Crippen molar-refractivity contribution in [2.45, 2.75) is 51.2 Å². The molecule has 142 valence electrons. The lowest BCUT2D eigenvalue weighted by molar-refractivity contribution is 0.234. The molecule has 0 saturated carbocycles. The molecule has 4 rings (SSSR count). The summed E-state index contributed by atoms with van der Waals surface area (Å²) in [5.74, 6) is 0.634. The molecule has 2 atom stereocenters. The van der Waals surface area contributed by atoms with Gasteiger partial charge in [0, 0.05) is 25.2 Å². The van der Waals surface area contributed by atoms with Gasteiger partial charge in [0.05, 0.1) is 0 Å². The fourth-order valence-corrected chi connectivity index (χ4v) is 4.53. The molecule has 2 amide bonds. The SMILES string of the molecule is CC(CC1Cc2ccccc2C1)NC(=O)NCC1Cc2ccccc2CN1. The zero-order chi connectivity index (χ0) is 18.6. The summed E-state index contributed by atoms with van der Waals surface area (Å²) in [6.07, 6.45) is 4.26. The summed E-state index contributed by atoms with van der Waals surface area (Å²) in [5.41, 5.74) is 5.70. The van der Waals surface area contributed by atoms with Gasteiger partial charge in [-0.25, -0.2) is 4.79 Å². The third-order valence-corrected chi connectivity index (χ3v) is 5.87. The number of hydrogen-bond donors (Lipinski definition) is 3. The number of urea groups is 1. The van der Waals surface area contributed by atoms with Crippen molar-refractivity contribution in [2.75, 3.05) is 6.54 Å². The van der Waals surface area contributed by atoms with Gasteiger partial charge in [-0.15, -0.1) is 0 Å². The van der Waals surface area contributed by atoms with Crippen LogP contribution in [0.3, 0.4) is 0 Å². The summed E-state index contributed by atoms with van der Waals surface area (Å²) in [6, 6.07) is 17.6. The quantitative estimate of drug-likeness (QED) is 0.764. The highest BCUT2D eigenvalue weighted by Crippen LogP contribution is 2.29. The standard InChI is InChI=1S/C23H29N3O/c1-16(10-17-11-18-6-2-3-7-19(18)12-17)26-23(27)25-15-22-13-20-8-4-5-9-21(20)14-24-22/h2-9,16-17,22,24H,10-15H2,1H3,(H2,25,26,27). The highest BCUT2D eigenvalue weighted by Gasteiger charge is 2.23. The molecule has 1 aliphatic heterocycles. The van der Waals surface area contributed by atoms with Gasteiger partial charge in [0.15, 0.2) is 0 Å². The van der Waals surface area contributed by atoms with Crippen LogP contribution in [0.4, 0.5) is 4.79 Å². The number of hydrogen-bond acceptors (Lipinski definition) is 2. The van der Waals surface area contributed by atoms with E-state index in [0.717, 1.165) is 32.2 Å². The molecule has 4 heteroatoms. The Balaban J connectivity index is 1.19. The Labute approximate surface area is 161 Å². The van der Waals surface area contributed by atoms with Crippen LogP contribution in [0.1, 0.15) is 35.6 Å². The lowest BCUT2D eigenvalue weighted by Crippen LogP contribution is -2.48. The molecule has 2 unspecified atom stereocenters. The van der Waals surface area contributed by atoms with Gasteiger partial charge >= 0.3 is 6.03 Å². The summed E-state index contributed by atoms with van der Waals surface area (Å²) in [5, 5.41) is 9.67. The molecule has 0 radical (unpaired) electrons. The zero-order valence-corrected chi connectivity index (χ0v) is 16.0. The van der Waals surface area contributed by atoms with Crippen molar-refractivity contribution in [1.82, 2.24) is 16.0 Å². The van der Waals surface area contributed by atoms with Gasteiger partial charge in [0.2, 0.25) is 0 Å². The molecule has 2 aliphatic rings. The van der Waals surface area contributed by atoms with Gasteiger partial charge in [0.25, 0.3) is 0 Å². The van der Waals surface area contributed by atoms with Gasteiger partial charge in [0.1, 0.15) is 0 Å². The monoisotopic (exact) mass is 363 g/mol. The third kappa shape index (κ3) is 4.51. The van der Waals surface area contributed by atoms with E-state index in [-0.39, 0.29) is 12.1 Å². The second-order valence-electron chi connectivity index (χ2n) is 8.08. The third-order valence-electron chi connectivity index (χ3n) is 5.87. The van der Waals surface area contributed by atoms with E-state index in [2.05, 4.69) is 71.4 Å². The fraction of sp³-hybridized carbons (Fsp3) is 0.435. The number of benzene rings is 2. The molecule has 0 saturated heterocycles. The largest absolute Gasteiger partial charge is 0.337 e. The fourth-order valence-electron chi connectivity index (χ4n) is 4.53. The van der Waals surface area contributed by atoms with Crippen LogP contribution in [0.5, 0.6) is 0 Å². The van der Waals surface area contributed by atoms with E-state index < -0.39 is 0 Å². The van der Waals surface area contributed by atoms with Crippen LogP contribution < -0.4 is 16.0 Å². The number of rotatable bonds is 5. The Kier molecular flexibility index (Phi) is 5.44. The lowest BCUT2D eigenvalue weighted by Gasteiger charge is -2.26. The van der Waals surface area contributed by atoms with Crippen molar-refractivity contribution >= 4 is 6.03 Å². The van der Waals surface area contributed by atoms with Crippen molar-refractivity contribution in [3.05, 3.63) is 70.8 Å². The van der Waals surface area contributed by atoms with Crippen LogP contribution in [0.25, 0.3) is 0 Å². The topological polar surface area (TPSA) is 53.2 Å². The maximum atomic E-state index is 12.3. The van der Waals surface area contributed by atoms with E-state index in [4.69, 9.17) is 0 Å². The number of nitrogens with one attached hydrogen (secondary N) is 3. The van der Waals surface area contributed by atoms with Crippen LogP contribution in [0.15, 0.2) is 48.5 Å². The molecule has 1 heterocycles. The number of carbonyl (C=O) groups is 1. The highest BCUT2D eigenvalue weighted by atomic mass is 16.2. The smallest absolute Gasteiger partial charge is 0.315 e. The summed E-state index contributed by atoms with van der Waals surface area (Å²) in [7, 11) is 0. The molecule has 0 spiro atoms. The summed E-state index contributed by atoms with van der Waals surface area (Å²) in [6.45, 7) is 3.64. The van der Waals surface area contributed by atoms with Crippen molar-refractivity contribution in [1.29, 1.82) is 0 Å². The first-order chi connectivity index (χ1) is 13.2. The van der Waals surface area contributed by atoms with Crippen molar-refractivity contribution in [3.63, 3.8) is 0 Å².